The average molecular weight is 551 g/mol. The third-order valence-corrected chi connectivity index (χ3v) is 7.31. The molecule has 0 unspecified atom stereocenters. The molecule has 0 radical (unpaired) electrons. The first kappa shape index (κ1) is 27.8. The molecule has 40 heavy (non-hydrogen) atoms. The van der Waals surface area contributed by atoms with Crippen molar-refractivity contribution in [2.75, 3.05) is 38.5 Å². The Kier molecular flexibility index (Phi) is 8.20. The molecule has 1 amide bonds. The highest BCUT2D eigenvalue weighted by Crippen LogP contribution is 2.31. The van der Waals surface area contributed by atoms with Crippen LogP contribution in [0.3, 0.4) is 0 Å². The molecule has 0 aliphatic carbocycles. The van der Waals surface area contributed by atoms with Crippen molar-refractivity contribution in [3.8, 4) is 0 Å². The molecule has 1 aliphatic heterocycles. The molecule has 3 heterocycles. The van der Waals surface area contributed by atoms with Gasteiger partial charge in [-0.15, -0.1) is 0 Å². The van der Waals surface area contributed by atoms with Crippen molar-refractivity contribution >= 4 is 17.2 Å². The zero-order valence-electron chi connectivity index (χ0n) is 22.6. The number of fused-ring (bicyclic) bond motifs is 1. The number of nitrogens with zero attached hydrogens (tertiary/aromatic N) is 4. The van der Waals surface area contributed by atoms with Gasteiger partial charge in [-0.3, -0.25) is 9.69 Å². The molecule has 0 bridgehead atoms. The van der Waals surface area contributed by atoms with E-state index >= 15 is 0 Å². The van der Waals surface area contributed by atoms with Crippen LogP contribution in [0.5, 0.6) is 0 Å². The molecule has 0 spiro atoms. The summed E-state index contributed by atoms with van der Waals surface area (Å²) in [6, 6.07) is 15.0. The van der Waals surface area contributed by atoms with Gasteiger partial charge < -0.3 is 19.9 Å². The summed E-state index contributed by atoms with van der Waals surface area (Å²) in [6.45, 7) is 6.75. The number of carbonyl (C=O) groups excluding carboxylic acids is 1. The number of nitrogens with one attached hydrogen (secondary N) is 2. The number of aromatic nitrogens is 2. The number of aryl methyl sites for hydroxylation is 1. The van der Waals surface area contributed by atoms with Crippen LogP contribution in [-0.4, -0.2) is 58.3 Å². The smallest absolute Gasteiger partial charge is 0.322 e. The first-order chi connectivity index (χ1) is 19.2. The van der Waals surface area contributed by atoms with Gasteiger partial charge in [0.2, 0.25) is 0 Å². The SMILES string of the molecule is Cc1ccc(NC(=O)c2cc(CN3CCN(C)CC3)cc(C(F)(F)F)c2)cc1CNCc1cnc2ccccn12. The van der Waals surface area contributed by atoms with E-state index in [0.29, 0.717) is 30.9 Å². The lowest BCUT2D eigenvalue weighted by Gasteiger charge is -2.32. The molecule has 2 aromatic heterocycles. The zero-order valence-corrected chi connectivity index (χ0v) is 22.6. The number of hydrogen-bond acceptors (Lipinski definition) is 5. The highest BCUT2D eigenvalue weighted by atomic mass is 19.4. The summed E-state index contributed by atoms with van der Waals surface area (Å²) in [5.74, 6) is -0.570. The predicted molar refractivity (Wildman–Crippen MR) is 149 cm³/mol. The Morgan fingerprint density at radius 1 is 1.00 bits per heavy atom. The Hall–Kier alpha value is -3.73. The number of halogens is 3. The molecule has 7 nitrogen and oxygen atoms in total. The lowest BCUT2D eigenvalue weighted by molar-refractivity contribution is -0.137. The molecule has 2 aromatic carbocycles. The maximum atomic E-state index is 13.7. The monoisotopic (exact) mass is 550 g/mol. The van der Waals surface area contributed by atoms with Crippen molar-refractivity contribution < 1.29 is 18.0 Å². The normalized spacial score (nSPS) is 15.0. The Bertz CT molecular complexity index is 1490. The minimum Gasteiger partial charge on any atom is -0.322 e. The van der Waals surface area contributed by atoms with Gasteiger partial charge in [0.25, 0.3) is 5.91 Å². The van der Waals surface area contributed by atoms with Crippen LogP contribution in [0.2, 0.25) is 0 Å². The van der Waals surface area contributed by atoms with Gasteiger partial charge in [0, 0.05) is 63.3 Å². The Morgan fingerprint density at radius 2 is 1.80 bits per heavy atom. The van der Waals surface area contributed by atoms with Crippen LogP contribution in [0, 0.1) is 6.92 Å². The van der Waals surface area contributed by atoms with E-state index in [-0.39, 0.29) is 5.56 Å². The lowest BCUT2D eigenvalue weighted by atomic mass is 10.0. The third kappa shape index (κ3) is 6.70. The summed E-state index contributed by atoms with van der Waals surface area (Å²) >= 11 is 0. The van der Waals surface area contributed by atoms with Gasteiger partial charge in [0.1, 0.15) is 5.65 Å². The fourth-order valence-corrected chi connectivity index (χ4v) is 4.93. The second-order valence-electron chi connectivity index (χ2n) is 10.4. The molecule has 2 N–H and O–H groups in total. The molecule has 0 saturated carbocycles. The fraction of sp³-hybridized carbons (Fsp3) is 0.333. The quantitative estimate of drug-likeness (QED) is 0.325. The van der Waals surface area contributed by atoms with E-state index in [1.807, 2.05) is 61.1 Å². The van der Waals surface area contributed by atoms with E-state index < -0.39 is 17.6 Å². The Labute approximate surface area is 231 Å². The molecule has 1 saturated heterocycles. The predicted octanol–water partition coefficient (Wildman–Crippen LogP) is 4.95. The van der Waals surface area contributed by atoms with Gasteiger partial charge in [0.05, 0.1) is 17.5 Å². The summed E-state index contributed by atoms with van der Waals surface area (Å²) in [5.41, 5.74) is 4.10. The number of imidazole rings is 1. The van der Waals surface area contributed by atoms with E-state index in [0.717, 1.165) is 60.8 Å². The maximum absolute atomic E-state index is 13.7. The largest absolute Gasteiger partial charge is 0.416 e. The van der Waals surface area contributed by atoms with Crippen LogP contribution in [0.4, 0.5) is 18.9 Å². The van der Waals surface area contributed by atoms with Crippen LogP contribution in [-0.2, 0) is 25.8 Å². The number of anilines is 1. The van der Waals surface area contributed by atoms with Crippen LogP contribution >= 0.6 is 0 Å². The van der Waals surface area contributed by atoms with Crippen molar-refractivity contribution in [2.24, 2.45) is 0 Å². The summed E-state index contributed by atoms with van der Waals surface area (Å²) < 4.78 is 43.1. The summed E-state index contributed by atoms with van der Waals surface area (Å²) in [6.07, 6.45) is -0.749. The molecule has 1 aliphatic rings. The first-order valence-corrected chi connectivity index (χ1v) is 13.3. The van der Waals surface area contributed by atoms with E-state index in [2.05, 4.69) is 25.4 Å². The number of benzene rings is 2. The van der Waals surface area contributed by atoms with Crippen LogP contribution < -0.4 is 10.6 Å². The van der Waals surface area contributed by atoms with Gasteiger partial charge in [-0.25, -0.2) is 4.98 Å². The van der Waals surface area contributed by atoms with E-state index in [9.17, 15) is 18.0 Å². The number of hydrogen-bond donors (Lipinski definition) is 2. The molecule has 0 atom stereocenters. The van der Waals surface area contributed by atoms with Crippen molar-refractivity contribution in [3.63, 3.8) is 0 Å². The Morgan fingerprint density at radius 3 is 2.58 bits per heavy atom. The van der Waals surface area contributed by atoms with Gasteiger partial charge in [-0.1, -0.05) is 12.1 Å². The van der Waals surface area contributed by atoms with Crippen molar-refractivity contribution in [1.29, 1.82) is 0 Å². The van der Waals surface area contributed by atoms with Gasteiger partial charge >= 0.3 is 6.18 Å². The number of rotatable bonds is 8. The number of likely N-dealkylation sites (N-methyl/N-ethyl adjacent to an activating group) is 1. The average Bonchev–Trinajstić information content (AvgIpc) is 3.34. The van der Waals surface area contributed by atoms with Crippen molar-refractivity contribution in [3.05, 3.63) is 101 Å². The Balaban J connectivity index is 1.28. The summed E-state index contributed by atoms with van der Waals surface area (Å²) in [7, 11) is 2.03. The van der Waals surface area contributed by atoms with Crippen LogP contribution in [0.25, 0.3) is 5.65 Å². The van der Waals surface area contributed by atoms with Crippen LogP contribution in [0.15, 0.2) is 67.0 Å². The third-order valence-electron chi connectivity index (χ3n) is 7.31. The topological polar surface area (TPSA) is 64.9 Å². The number of piperazine rings is 1. The van der Waals surface area contributed by atoms with Crippen molar-refractivity contribution in [1.82, 2.24) is 24.5 Å². The minimum absolute atomic E-state index is 0.00758. The second-order valence-corrected chi connectivity index (χ2v) is 10.4. The molecule has 1 fully saturated rings. The highest BCUT2D eigenvalue weighted by molar-refractivity contribution is 6.04. The maximum Gasteiger partial charge on any atom is 0.416 e. The van der Waals surface area contributed by atoms with E-state index in [4.69, 9.17) is 0 Å². The molecule has 4 aromatic rings. The van der Waals surface area contributed by atoms with E-state index in [1.165, 1.54) is 0 Å². The minimum atomic E-state index is -4.54. The second kappa shape index (κ2) is 11.8. The number of amides is 1. The molecule has 5 rings (SSSR count). The van der Waals surface area contributed by atoms with Crippen molar-refractivity contribution in [2.45, 2.75) is 32.7 Å². The van der Waals surface area contributed by atoms with Gasteiger partial charge in [0.15, 0.2) is 0 Å². The standard InChI is InChI=1S/C30H33F3N6O/c1-21-6-7-26(16-24(21)17-34-18-27-19-35-28-5-3-4-8-39(27)28)36-29(40)23-13-22(14-25(15-23)30(31,32)33)20-38-11-9-37(2)10-12-38/h3-8,13-16,19,34H,9-12,17-18,20H2,1-2H3,(H,36,40). The number of carbonyl (C=O) groups is 1. The molecular weight excluding hydrogens is 517 g/mol. The molecular formula is C30H33F3N6O. The molecule has 210 valence electrons. The lowest BCUT2D eigenvalue weighted by Crippen LogP contribution is -2.43. The number of alkyl halides is 3. The van der Waals surface area contributed by atoms with Gasteiger partial charge in [-0.2, -0.15) is 13.2 Å². The highest BCUT2D eigenvalue weighted by Gasteiger charge is 2.32. The van der Waals surface area contributed by atoms with E-state index in [1.54, 1.807) is 12.1 Å². The summed E-state index contributed by atoms with van der Waals surface area (Å²) in [4.78, 5) is 21.8. The van der Waals surface area contributed by atoms with Crippen LogP contribution in [0.1, 0.15) is 38.3 Å². The first-order valence-electron chi connectivity index (χ1n) is 13.3. The molecule has 10 heteroatoms. The van der Waals surface area contributed by atoms with Gasteiger partial charge in [-0.05, 0) is 73.1 Å². The fourth-order valence-electron chi connectivity index (χ4n) is 4.93. The summed E-state index contributed by atoms with van der Waals surface area (Å²) in [5, 5.41) is 6.22. The number of pyridine rings is 1. The zero-order chi connectivity index (χ0) is 28.3.